The van der Waals surface area contributed by atoms with Crippen LogP contribution in [0.15, 0.2) is 0 Å². The molecule has 0 aromatic rings. The van der Waals surface area contributed by atoms with E-state index in [0.717, 1.165) is 0 Å². The summed E-state index contributed by atoms with van der Waals surface area (Å²) < 4.78 is 17.2. The van der Waals surface area contributed by atoms with Gasteiger partial charge in [-0.2, -0.15) is 0 Å². The van der Waals surface area contributed by atoms with Gasteiger partial charge in [0.1, 0.15) is 0 Å². The third kappa shape index (κ3) is 7.05. The fraction of sp³-hybridized carbons (Fsp3) is 0. The summed E-state index contributed by atoms with van der Waals surface area (Å²) in [4.78, 5) is 8.26. The van der Waals surface area contributed by atoms with Gasteiger partial charge in [0.2, 0.25) is 0 Å². The van der Waals surface area contributed by atoms with Crippen LogP contribution in [0.2, 0.25) is 0 Å². The van der Waals surface area contributed by atoms with Gasteiger partial charge in [0.15, 0.2) is 0 Å². The fourth-order valence-electron chi connectivity index (χ4n) is 0.137. The van der Waals surface area contributed by atoms with E-state index in [1.807, 2.05) is 0 Å². The molecule has 8 nitrogen and oxygen atoms in total. The average molecular weight is 208 g/mol. The molecule has 0 bridgehead atoms. The summed E-state index contributed by atoms with van der Waals surface area (Å²) in [7, 11) is -4.32. The van der Waals surface area contributed by atoms with Crippen LogP contribution in [0.4, 0.5) is 0 Å². The zero-order chi connectivity index (χ0) is 6.74. The maximum atomic E-state index is 10.2. The third-order valence-corrected chi connectivity index (χ3v) is 0.831. The van der Waals surface area contributed by atoms with Crippen LogP contribution in [0.1, 0.15) is 2.85 Å². The monoisotopic (exact) mass is 208 g/mol. The molecule has 58 valence electrons. The van der Waals surface area contributed by atoms with E-state index in [1.165, 1.54) is 0 Å². The SMILES string of the molecule is O=P1(O)OOOOOO1.[H-].[H-].[Na+].[Na+]. The van der Waals surface area contributed by atoms with E-state index in [0.29, 0.717) is 0 Å². The number of rotatable bonds is 0. The van der Waals surface area contributed by atoms with Crippen LogP contribution in [-0.4, -0.2) is 4.89 Å². The fourth-order valence-corrected chi connectivity index (χ4v) is 0.365. The molecule has 0 aromatic carbocycles. The molecule has 0 unspecified atom stereocenters. The van der Waals surface area contributed by atoms with Gasteiger partial charge in [0, 0.05) is 0 Å². The van der Waals surface area contributed by atoms with Gasteiger partial charge >= 0.3 is 66.9 Å². The van der Waals surface area contributed by atoms with E-state index >= 15 is 0 Å². The van der Waals surface area contributed by atoms with Gasteiger partial charge in [-0.25, -0.2) is 4.57 Å². The molecule has 0 spiro atoms. The van der Waals surface area contributed by atoms with Crippen LogP contribution >= 0.6 is 7.82 Å². The van der Waals surface area contributed by atoms with Crippen LogP contribution in [0, 0.1) is 0 Å². The number of phosphoric acid groups is 1. The molecule has 1 heterocycles. The summed E-state index contributed by atoms with van der Waals surface area (Å²) in [6.07, 6.45) is 0. The molecular formula is H3Na2O8P. The second kappa shape index (κ2) is 7.36. The first-order valence-electron chi connectivity index (χ1n) is 1.58. The second-order valence-corrected chi connectivity index (χ2v) is 2.13. The zero-order valence-corrected chi connectivity index (χ0v) is 10.6. The summed E-state index contributed by atoms with van der Waals surface area (Å²) in [5.74, 6) is 0. The van der Waals surface area contributed by atoms with E-state index in [-0.39, 0.29) is 62.0 Å². The van der Waals surface area contributed by atoms with Gasteiger partial charge in [0.25, 0.3) is 0 Å². The van der Waals surface area contributed by atoms with Crippen molar-refractivity contribution in [2.75, 3.05) is 0 Å². The molecule has 1 aliphatic heterocycles. The van der Waals surface area contributed by atoms with Gasteiger partial charge in [-0.05, 0) is 20.2 Å². The Labute approximate surface area is 108 Å². The van der Waals surface area contributed by atoms with Crippen molar-refractivity contribution in [3.8, 4) is 0 Å². The molecule has 1 saturated heterocycles. The quantitative estimate of drug-likeness (QED) is 0.239. The Hall–Kier alpha value is 1.95. The molecule has 1 aliphatic rings. The minimum Gasteiger partial charge on any atom is -1.00 e. The first-order valence-corrected chi connectivity index (χ1v) is 3.08. The minimum atomic E-state index is -4.32. The molecule has 1 fully saturated rings. The molecule has 0 radical (unpaired) electrons. The van der Waals surface area contributed by atoms with Crippen molar-refractivity contribution in [3.63, 3.8) is 0 Å². The Morgan fingerprint density at radius 3 is 1.73 bits per heavy atom. The van der Waals surface area contributed by atoms with Crippen LogP contribution in [0.3, 0.4) is 0 Å². The molecule has 0 amide bonds. The molecule has 0 aliphatic carbocycles. The Morgan fingerprint density at radius 2 is 1.36 bits per heavy atom. The average Bonchev–Trinajstić information content (AvgIpc) is 1.92. The summed E-state index contributed by atoms with van der Waals surface area (Å²) in [5, 5.41) is 13.7. The summed E-state index contributed by atoms with van der Waals surface area (Å²) >= 11 is 0. The third-order valence-electron chi connectivity index (χ3n) is 0.333. The van der Waals surface area contributed by atoms with Gasteiger partial charge in [-0.3, -0.25) is 4.89 Å². The van der Waals surface area contributed by atoms with Crippen molar-refractivity contribution >= 4 is 7.82 Å². The minimum absolute atomic E-state index is 0. The normalized spacial score (nSPS) is 22.3. The van der Waals surface area contributed by atoms with Crippen molar-refractivity contribution in [1.29, 1.82) is 0 Å². The Morgan fingerprint density at radius 1 is 1.00 bits per heavy atom. The second-order valence-electron chi connectivity index (χ2n) is 0.890. The van der Waals surface area contributed by atoms with E-state index in [1.54, 1.807) is 0 Å². The van der Waals surface area contributed by atoms with Gasteiger partial charge in [-0.1, -0.05) is 9.35 Å². The predicted octanol–water partition coefficient (Wildman–Crippen LogP) is -5.99. The molecule has 0 aromatic heterocycles. The Bertz CT molecular complexity index is 130. The van der Waals surface area contributed by atoms with Crippen molar-refractivity contribution in [1.82, 2.24) is 0 Å². The zero-order valence-electron chi connectivity index (χ0n) is 7.75. The maximum Gasteiger partial charge on any atom is 1.00 e. The molecule has 0 atom stereocenters. The van der Waals surface area contributed by atoms with Crippen LogP contribution in [-0.2, 0) is 34.1 Å². The van der Waals surface area contributed by atoms with Crippen LogP contribution in [0.5, 0.6) is 0 Å². The summed E-state index contributed by atoms with van der Waals surface area (Å²) in [5.41, 5.74) is 0. The molecular weight excluding hydrogens is 205 g/mol. The molecule has 1 rings (SSSR count). The van der Waals surface area contributed by atoms with Crippen molar-refractivity contribution < 1.29 is 101 Å². The summed E-state index contributed by atoms with van der Waals surface area (Å²) in [6.45, 7) is 0. The topological polar surface area (TPSA) is 92.7 Å². The van der Waals surface area contributed by atoms with E-state index < -0.39 is 7.82 Å². The summed E-state index contributed by atoms with van der Waals surface area (Å²) in [6, 6.07) is 0. The molecule has 11 heavy (non-hydrogen) atoms. The number of hydrogen-bond donors (Lipinski definition) is 1. The largest absolute Gasteiger partial charge is 1.00 e. The first kappa shape index (κ1) is 15.4. The van der Waals surface area contributed by atoms with E-state index in [4.69, 9.17) is 4.89 Å². The van der Waals surface area contributed by atoms with Gasteiger partial charge in [-0.15, -0.1) is 0 Å². The van der Waals surface area contributed by atoms with Crippen LogP contribution in [0.25, 0.3) is 0 Å². The predicted molar refractivity (Wildman–Crippen MR) is 18.6 cm³/mol. The van der Waals surface area contributed by atoms with Crippen molar-refractivity contribution in [2.45, 2.75) is 0 Å². The Kier molecular flexibility index (Phi) is 10.3. The Balaban J connectivity index is -0.000000101. The van der Waals surface area contributed by atoms with Crippen molar-refractivity contribution in [2.24, 2.45) is 0 Å². The smallest absolute Gasteiger partial charge is 1.00 e. The maximum absolute atomic E-state index is 10.2. The molecule has 11 heteroatoms. The van der Waals surface area contributed by atoms with Gasteiger partial charge in [0.05, 0.1) is 0 Å². The van der Waals surface area contributed by atoms with Gasteiger partial charge < -0.3 is 2.85 Å². The first-order chi connectivity index (χ1) is 4.21. The van der Waals surface area contributed by atoms with E-state index in [2.05, 4.69) is 29.5 Å². The van der Waals surface area contributed by atoms with Crippen LogP contribution < -0.4 is 59.1 Å². The van der Waals surface area contributed by atoms with Crippen molar-refractivity contribution in [3.05, 3.63) is 0 Å². The van der Waals surface area contributed by atoms with E-state index in [9.17, 15) is 4.57 Å². The standard InChI is InChI=1S/2Na.HO8P.2H/c;;1-9(2)7-5-3-4-6-8-9;;/h;;(H,1,2);;/q2*+1;;2*-1. The molecule has 0 saturated carbocycles. The molecule has 1 N–H and O–H groups in total. The number of hydrogen-bond acceptors (Lipinski definition) is 7.